The van der Waals surface area contributed by atoms with Gasteiger partial charge in [-0.2, -0.15) is 0 Å². The van der Waals surface area contributed by atoms with Crippen LogP contribution in [-0.2, 0) is 4.79 Å². The summed E-state index contributed by atoms with van der Waals surface area (Å²) in [5, 5.41) is 21.1. The van der Waals surface area contributed by atoms with E-state index in [0.717, 1.165) is 12.8 Å². The van der Waals surface area contributed by atoms with Crippen LogP contribution in [0.1, 0.15) is 36.0 Å². The maximum Gasteiger partial charge on any atom is 0.308 e. The molecule has 1 aromatic rings. The van der Waals surface area contributed by atoms with Crippen LogP contribution in [0, 0.1) is 5.92 Å². The summed E-state index contributed by atoms with van der Waals surface area (Å²) in [4.78, 5) is 23.1. The standard InChI is InChI=1S/C14H17NO4/c16-10-7-5-9(6-8-10)13(17)15-12-4-2-1-3-11(12)14(18)19/h5-8,11-12,16H,1-4H2,(H,15,17)(H,18,19)/t11-,12+/m1/s1. The predicted octanol–water partition coefficient (Wildman–Crippen LogP) is 1.77. The molecule has 2 rings (SSSR count). The molecule has 19 heavy (non-hydrogen) atoms. The largest absolute Gasteiger partial charge is 0.508 e. The molecule has 5 nitrogen and oxygen atoms in total. The van der Waals surface area contributed by atoms with Crippen LogP contribution in [0.5, 0.6) is 5.75 Å². The SMILES string of the molecule is O=C(N[C@H]1CCCC[C@H]1C(=O)O)c1ccc(O)cc1. The first-order valence-corrected chi connectivity index (χ1v) is 6.40. The van der Waals surface area contributed by atoms with Crippen molar-refractivity contribution < 1.29 is 19.8 Å². The van der Waals surface area contributed by atoms with Crippen molar-refractivity contribution in [2.75, 3.05) is 0 Å². The number of aromatic hydroxyl groups is 1. The summed E-state index contributed by atoms with van der Waals surface area (Å²) >= 11 is 0. The second-order valence-electron chi connectivity index (χ2n) is 4.86. The maximum absolute atomic E-state index is 12.0. The van der Waals surface area contributed by atoms with Gasteiger partial charge in [0.15, 0.2) is 0 Å². The summed E-state index contributed by atoms with van der Waals surface area (Å²) in [6.07, 6.45) is 3.13. The average Bonchev–Trinajstić information content (AvgIpc) is 2.39. The molecule has 1 aromatic carbocycles. The van der Waals surface area contributed by atoms with E-state index in [4.69, 9.17) is 10.2 Å². The summed E-state index contributed by atoms with van der Waals surface area (Å²) in [5.41, 5.74) is 0.424. The second-order valence-corrected chi connectivity index (χ2v) is 4.86. The van der Waals surface area contributed by atoms with E-state index in [1.807, 2.05) is 0 Å². The topological polar surface area (TPSA) is 86.6 Å². The van der Waals surface area contributed by atoms with Gasteiger partial charge in [-0.3, -0.25) is 9.59 Å². The third kappa shape index (κ3) is 3.24. The third-order valence-electron chi connectivity index (χ3n) is 3.53. The molecule has 0 aliphatic heterocycles. The Morgan fingerprint density at radius 1 is 1.11 bits per heavy atom. The average molecular weight is 263 g/mol. The molecule has 0 unspecified atom stereocenters. The smallest absolute Gasteiger partial charge is 0.308 e. The fraction of sp³-hybridized carbons (Fsp3) is 0.429. The van der Waals surface area contributed by atoms with Crippen molar-refractivity contribution >= 4 is 11.9 Å². The van der Waals surface area contributed by atoms with Crippen LogP contribution in [-0.4, -0.2) is 28.1 Å². The lowest BCUT2D eigenvalue weighted by molar-refractivity contribution is -0.143. The van der Waals surface area contributed by atoms with Gasteiger partial charge in [-0.05, 0) is 37.1 Å². The Morgan fingerprint density at radius 2 is 1.74 bits per heavy atom. The van der Waals surface area contributed by atoms with E-state index in [9.17, 15) is 9.59 Å². The molecule has 1 aliphatic carbocycles. The van der Waals surface area contributed by atoms with Crippen molar-refractivity contribution in [3.63, 3.8) is 0 Å². The molecule has 1 saturated carbocycles. The van der Waals surface area contributed by atoms with Gasteiger partial charge in [0.2, 0.25) is 0 Å². The minimum atomic E-state index is -0.851. The number of phenolic OH excluding ortho intramolecular Hbond substituents is 1. The van der Waals surface area contributed by atoms with Gasteiger partial charge in [0.05, 0.1) is 5.92 Å². The number of hydrogen-bond acceptors (Lipinski definition) is 3. The molecule has 1 fully saturated rings. The van der Waals surface area contributed by atoms with Crippen LogP contribution in [0.3, 0.4) is 0 Å². The predicted molar refractivity (Wildman–Crippen MR) is 69.0 cm³/mol. The minimum absolute atomic E-state index is 0.0950. The van der Waals surface area contributed by atoms with Gasteiger partial charge < -0.3 is 15.5 Å². The van der Waals surface area contributed by atoms with Crippen LogP contribution >= 0.6 is 0 Å². The Hall–Kier alpha value is -2.04. The Labute approximate surface area is 111 Å². The number of rotatable bonds is 3. The normalized spacial score (nSPS) is 22.7. The van der Waals surface area contributed by atoms with E-state index in [1.54, 1.807) is 0 Å². The van der Waals surface area contributed by atoms with Gasteiger partial charge in [-0.1, -0.05) is 12.8 Å². The molecule has 102 valence electrons. The van der Waals surface area contributed by atoms with Gasteiger partial charge >= 0.3 is 5.97 Å². The number of amides is 1. The molecule has 0 spiro atoms. The Kier molecular flexibility index (Phi) is 4.04. The Morgan fingerprint density at radius 3 is 2.37 bits per heavy atom. The van der Waals surface area contributed by atoms with E-state index in [0.29, 0.717) is 18.4 Å². The van der Waals surface area contributed by atoms with E-state index in [-0.39, 0.29) is 17.7 Å². The lowest BCUT2D eigenvalue weighted by atomic mass is 9.84. The first-order valence-electron chi connectivity index (χ1n) is 6.40. The molecule has 5 heteroatoms. The lowest BCUT2D eigenvalue weighted by Gasteiger charge is -2.29. The highest BCUT2D eigenvalue weighted by Gasteiger charge is 2.31. The van der Waals surface area contributed by atoms with Crippen molar-refractivity contribution in [2.24, 2.45) is 5.92 Å². The molecule has 2 atom stereocenters. The summed E-state index contributed by atoms with van der Waals surface area (Å²) in [6, 6.07) is 5.59. The highest BCUT2D eigenvalue weighted by atomic mass is 16.4. The highest BCUT2D eigenvalue weighted by molar-refractivity contribution is 5.94. The molecule has 0 bridgehead atoms. The molecule has 0 saturated heterocycles. The number of carboxylic acid groups (broad SMARTS) is 1. The van der Waals surface area contributed by atoms with Crippen LogP contribution in [0.25, 0.3) is 0 Å². The van der Waals surface area contributed by atoms with Crippen LogP contribution in [0.4, 0.5) is 0 Å². The summed E-state index contributed by atoms with van der Waals surface area (Å²) < 4.78 is 0. The number of aliphatic carboxylic acids is 1. The fourth-order valence-electron chi connectivity index (χ4n) is 2.46. The fourth-order valence-corrected chi connectivity index (χ4v) is 2.46. The van der Waals surface area contributed by atoms with Crippen LogP contribution < -0.4 is 5.32 Å². The minimum Gasteiger partial charge on any atom is -0.508 e. The Balaban J connectivity index is 2.04. The molecule has 3 N–H and O–H groups in total. The molecule has 0 heterocycles. The number of carboxylic acids is 1. The maximum atomic E-state index is 12.0. The van der Waals surface area contributed by atoms with Crippen LogP contribution in [0.15, 0.2) is 24.3 Å². The highest BCUT2D eigenvalue weighted by Crippen LogP contribution is 2.25. The van der Waals surface area contributed by atoms with Gasteiger partial charge in [0.25, 0.3) is 5.91 Å². The quantitative estimate of drug-likeness (QED) is 0.775. The van der Waals surface area contributed by atoms with Crippen molar-refractivity contribution in [2.45, 2.75) is 31.7 Å². The molecular formula is C14H17NO4. The van der Waals surface area contributed by atoms with E-state index >= 15 is 0 Å². The van der Waals surface area contributed by atoms with Gasteiger partial charge in [-0.25, -0.2) is 0 Å². The number of benzene rings is 1. The van der Waals surface area contributed by atoms with Gasteiger partial charge in [0.1, 0.15) is 5.75 Å². The first kappa shape index (κ1) is 13.4. The number of carbonyl (C=O) groups excluding carboxylic acids is 1. The number of phenols is 1. The monoisotopic (exact) mass is 263 g/mol. The zero-order valence-corrected chi connectivity index (χ0v) is 10.5. The zero-order valence-electron chi connectivity index (χ0n) is 10.5. The number of nitrogens with one attached hydrogen (secondary N) is 1. The Bertz CT molecular complexity index is 469. The molecular weight excluding hydrogens is 246 g/mol. The third-order valence-corrected chi connectivity index (χ3v) is 3.53. The van der Waals surface area contributed by atoms with Crippen molar-refractivity contribution in [1.29, 1.82) is 0 Å². The van der Waals surface area contributed by atoms with Crippen molar-refractivity contribution in [3.8, 4) is 5.75 Å². The molecule has 1 aliphatic rings. The molecule has 1 amide bonds. The van der Waals surface area contributed by atoms with E-state index in [1.165, 1.54) is 24.3 Å². The van der Waals surface area contributed by atoms with Crippen molar-refractivity contribution in [3.05, 3.63) is 29.8 Å². The lowest BCUT2D eigenvalue weighted by Crippen LogP contribution is -2.45. The molecule has 0 aromatic heterocycles. The number of hydrogen-bond donors (Lipinski definition) is 3. The van der Waals surface area contributed by atoms with Gasteiger partial charge in [-0.15, -0.1) is 0 Å². The van der Waals surface area contributed by atoms with E-state index < -0.39 is 11.9 Å². The second kappa shape index (κ2) is 5.73. The molecule has 0 radical (unpaired) electrons. The van der Waals surface area contributed by atoms with E-state index in [2.05, 4.69) is 5.32 Å². The first-order chi connectivity index (χ1) is 9.08. The van der Waals surface area contributed by atoms with Crippen molar-refractivity contribution in [1.82, 2.24) is 5.32 Å². The van der Waals surface area contributed by atoms with Crippen LogP contribution in [0.2, 0.25) is 0 Å². The summed E-state index contributed by atoms with van der Waals surface area (Å²) in [6.45, 7) is 0. The summed E-state index contributed by atoms with van der Waals surface area (Å²) in [5.74, 6) is -1.55. The zero-order chi connectivity index (χ0) is 13.8. The van der Waals surface area contributed by atoms with Gasteiger partial charge in [0, 0.05) is 11.6 Å². The number of carbonyl (C=O) groups is 2. The summed E-state index contributed by atoms with van der Waals surface area (Å²) in [7, 11) is 0.